The molecule has 0 unspecified atom stereocenters. The van der Waals surface area contributed by atoms with Crippen molar-refractivity contribution in [3.63, 3.8) is 0 Å². The SMILES string of the molecule is Cc1ccnc(C(C)C)c1-n1c(=O)nc(N2CCN(C(=O)O)C[C@@H]2C)c2cc(C#N)c(-c3cc(C)c(=O)n(C)c3)nc21. The van der Waals surface area contributed by atoms with Gasteiger partial charge in [-0.25, -0.2) is 19.1 Å². The van der Waals surface area contributed by atoms with E-state index in [4.69, 9.17) is 4.98 Å². The van der Waals surface area contributed by atoms with Crippen molar-refractivity contribution in [2.75, 3.05) is 24.5 Å². The Morgan fingerprint density at radius 3 is 2.50 bits per heavy atom. The molecular formula is C30H32N8O4. The molecule has 1 aliphatic rings. The number of pyridine rings is 3. The molecule has 1 aliphatic heterocycles. The van der Waals surface area contributed by atoms with Gasteiger partial charge >= 0.3 is 11.8 Å². The van der Waals surface area contributed by atoms with Crippen molar-refractivity contribution in [3.05, 3.63) is 73.8 Å². The topological polar surface area (TPSA) is 150 Å². The van der Waals surface area contributed by atoms with Crippen LogP contribution in [-0.2, 0) is 7.05 Å². The summed E-state index contributed by atoms with van der Waals surface area (Å²) in [7, 11) is 1.63. The number of hydrogen-bond acceptors (Lipinski definition) is 8. The van der Waals surface area contributed by atoms with Crippen LogP contribution < -0.4 is 16.1 Å². The first-order chi connectivity index (χ1) is 19.9. The van der Waals surface area contributed by atoms with E-state index in [1.165, 1.54) is 14.0 Å². The average Bonchev–Trinajstić information content (AvgIpc) is 2.94. The molecule has 4 aromatic rings. The number of rotatable bonds is 4. The van der Waals surface area contributed by atoms with Crippen LogP contribution in [0.2, 0.25) is 0 Å². The molecule has 216 valence electrons. The van der Waals surface area contributed by atoms with Crippen LogP contribution in [0.25, 0.3) is 28.0 Å². The van der Waals surface area contributed by atoms with Crippen LogP contribution in [0.3, 0.4) is 0 Å². The second kappa shape index (κ2) is 10.7. The van der Waals surface area contributed by atoms with Crippen molar-refractivity contribution < 1.29 is 9.90 Å². The molecule has 12 nitrogen and oxygen atoms in total. The quantitative estimate of drug-likeness (QED) is 0.391. The molecule has 4 aromatic heterocycles. The maximum Gasteiger partial charge on any atom is 0.407 e. The third kappa shape index (κ3) is 4.76. The molecule has 0 bridgehead atoms. The first-order valence-electron chi connectivity index (χ1n) is 13.7. The number of carboxylic acid groups (broad SMARTS) is 1. The Kier molecular flexibility index (Phi) is 7.28. The van der Waals surface area contributed by atoms with Gasteiger partial charge in [0.25, 0.3) is 5.56 Å². The summed E-state index contributed by atoms with van der Waals surface area (Å²) in [6.07, 6.45) is 2.32. The number of carbonyl (C=O) groups is 1. The van der Waals surface area contributed by atoms with E-state index >= 15 is 0 Å². The van der Waals surface area contributed by atoms with Crippen molar-refractivity contribution in [2.24, 2.45) is 7.05 Å². The summed E-state index contributed by atoms with van der Waals surface area (Å²) in [5.41, 5.74) is 3.25. The molecular weight excluding hydrogens is 536 g/mol. The maximum atomic E-state index is 14.0. The number of aromatic nitrogens is 5. The summed E-state index contributed by atoms with van der Waals surface area (Å²) in [6.45, 7) is 10.2. The van der Waals surface area contributed by atoms with E-state index in [0.29, 0.717) is 46.0 Å². The van der Waals surface area contributed by atoms with Crippen molar-refractivity contribution in [3.8, 4) is 23.0 Å². The summed E-state index contributed by atoms with van der Waals surface area (Å²) in [5, 5.41) is 20.2. The number of anilines is 1. The number of piperazine rings is 1. The summed E-state index contributed by atoms with van der Waals surface area (Å²) in [5.74, 6) is 0.318. The van der Waals surface area contributed by atoms with Crippen molar-refractivity contribution in [1.82, 2.24) is 29.0 Å². The lowest BCUT2D eigenvalue weighted by Gasteiger charge is -2.39. The number of nitriles is 1. The zero-order valence-corrected chi connectivity index (χ0v) is 24.4. The summed E-state index contributed by atoms with van der Waals surface area (Å²) < 4.78 is 2.89. The maximum absolute atomic E-state index is 14.0. The summed E-state index contributed by atoms with van der Waals surface area (Å²) >= 11 is 0. The van der Waals surface area contributed by atoms with Gasteiger partial charge in [-0.15, -0.1) is 0 Å². The Labute approximate surface area is 242 Å². The van der Waals surface area contributed by atoms with Gasteiger partial charge in [-0.05, 0) is 50.5 Å². The molecule has 5 heterocycles. The van der Waals surface area contributed by atoms with Crippen LogP contribution in [0.1, 0.15) is 49.1 Å². The van der Waals surface area contributed by atoms with Gasteiger partial charge in [0.2, 0.25) is 0 Å². The van der Waals surface area contributed by atoms with Crippen LogP contribution in [0.5, 0.6) is 0 Å². The third-order valence-corrected chi connectivity index (χ3v) is 7.70. The van der Waals surface area contributed by atoms with E-state index in [2.05, 4.69) is 16.0 Å². The molecule has 0 aliphatic carbocycles. The molecule has 1 N–H and O–H groups in total. The average molecular weight is 569 g/mol. The standard InChI is InChI=1S/C30H32N8O4/c1-16(2)23-25(17(3)7-8-32-23)38-27-22(26(34-29(38)40)37-10-9-36(30(41)42)14-19(37)5)12-20(13-31)24(33-27)21-11-18(4)28(39)35(6)15-21/h7-8,11-12,15-16,19H,9-10,14H2,1-6H3,(H,41,42)/t19-/m0/s1. The Hall–Kier alpha value is -5.05. The number of fused-ring (bicyclic) bond motifs is 1. The van der Waals surface area contributed by atoms with Gasteiger partial charge in [0.15, 0.2) is 5.65 Å². The van der Waals surface area contributed by atoms with E-state index in [-0.39, 0.29) is 41.8 Å². The predicted octanol–water partition coefficient (Wildman–Crippen LogP) is 3.34. The predicted molar refractivity (Wildman–Crippen MR) is 158 cm³/mol. The van der Waals surface area contributed by atoms with Crippen molar-refractivity contribution in [1.29, 1.82) is 5.26 Å². The minimum absolute atomic E-state index is 0.0187. The molecule has 0 radical (unpaired) electrons. The lowest BCUT2D eigenvalue weighted by Crippen LogP contribution is -2.54. The Bertz CT molecular complexity index is 1880. The van der Waals surface area contributed by atoms with E-state index < -0.39 is 11.8 Å². The fourth-order valence-corrected chi connectivity index (χ4v) is 5.59. The summed E-state index contributed by atoms with van der Waals surface area (Å²) in [4.78, 5) is 55.3. The molecule has 1 fully saturated rings. The molecule has 0 saturated carbocycles. The van der Waals surface area contributed by atoms with Gasteiger partial charge in [0.05, 0.1) is 28.0 Å². The molecule has 0 spiro atoms. The zero-order valence-electron chi connectivity index (χ0n) is 24.4. The van der Waals surface area contributed by atoms with Gasteiger partial charge in [-0.2, -0.15) is 10.2 Å². The fraction of sp³-hybridized carbons (Fsp3) is 0.367. The minimum atomic E-state index is -1.01. The van der Waals surface area contributed by atoms with Gasteiger partial charge < -0.3 is 19.5 Å². The summed E-state index contributed by atoms with van der Waals surface area (Å²) in [6, 6.07) is 7.13. The number of aryl methyl sites for hydroxylation is 3. The Morgan fingerprint density at radius 2 is 1.88 bits per heavy atom. The van der Waals surface area contributed by atoms with Gasteiger partial charge in [0, 0.05) is 56.2 Å². The molecule has 1 saturated heterocycles. The first-order valence-corrected chi connectivity index (χ1v) is 13.7. The van der Waals surface area contributed by atoms with E-state index in [1.807, 2.05) is 38.7 Å². The van der Waals surface area contributed by atoms with Gasteiger partial charge in [0.1, 0.15) is 11.9 Å². The monoisotopic (exact) mass is 568 g/mol. The van der Waals surface area contributed by atoms with E-state index in [1.54, 1.807) is 38.5 Å². The van der Waals surface area contributed by atoms with Crippen LogP contribution in [0, 0.1) is 25.2 Å². The highest BCUT2D eigenvalue weighted by atomic mass is 16.4. The number of nitrogens with zero attached hydrogens (tertiary/aromatic N) is 8. The highest BCUT2D eigenvalue weighted by Crippen LogP contribution is 2.33. The van der Waals surface area contributed by atoms with Crippen LogP contribution >= 0.6 is 0 Å². The van der Waals surface area contributed by atoms with Crippen LogP contribution in [0.4, 0.5) is 10.6 Å². The molecule has 5 rings (SSSR count). The van der Waals surface area contributed by atoms with Crippen LogP contribution in [-0.4, -0.2) is 65.9 Å². The third-order valence-electron chi connectivity index (χ3n) is 7.70. The van der Waals surface area contributed by atoms with Crippen LogP contribution in [0.15, 0.2) is 40.2 Å². The Morgan fingerprint density at radius 1 is 1.14 bits per heavy atom. The second-order valence-electron chi connectivity index (χ2n) is 11.0. The lowest BCUT2D eigenvalue weighted by atomic mass is 10.0. The smallest absolute Gasteiger partial charge is 0.407 e. The molecule has 42 heavy (non-hydrogen) atoms. The van der Waals surface area contributed by atoms with Gasteiger partial charge in [-0.3, -0.25) is 9.78 Å². The number of hydrogen-bond donors (Lipinski definition) is 1. The molecule has 12 heteroatoms. The van der Waals surface area contributed by atoms with E-state index in [9.17, 15) is 24.8 Å². The largest absolute Gasteiger partial charge is 0.465 e. The molecule has 1 amide bonds. The highest BCUT2D eigenvalue weighted by molar-refractivity contribution is 5.92. The van der Waals surface area contributed by atoms with E-state index in [0.717, 1.165) is 5.56 Å². The minimum Gasteiger partial charge on any atom is -0.465 e. The molecule has 1 atom stereocenters. The molecule has 0 aromatic carbocycles. The lowest BCUT2D eigenvalue weighted by molar-refractivity contribution is 0.136. The second-order valence-corrected chi connectivity index (χ2v) is 11.0. The zero-order chi connectivity index (χ0) is 30.5. The highest BCUT2D eigenvalue weighted by Gasteiger charge is 2.31. The normalized spacial score (nSPS) is 15.3. The Balaban J connectivity index is 1.88. The van der Waals surface area contributed by atoms with Crippen molar-refractivity contribution >= 4 is 22.9 Å². The first kappa shape index (κ1) is 28.5. The fourth-order valence-electron chi connectivity index (χ4n) is 5.59. The van der Waals surface area contributed by atoms with Crippen molar-refractivity contribution in [2.45, 2.75) is 46.6 Å². The number of amides is 1. The van der Waals surface area contributed by atoms with Gasteiger partial charge in [-0.1, -0.05) is 13.8 Å².